The zero-order chi connectivity index (χ0) is 46.0. The van der Waals surface area contributed by atoms with Gasteiger partial charge in [-0.25, -0.2) is 15.0 Å². The van der Waals surface area contributed by atoms with E-state index < -0.39 is 10.8 Å². The Labute approximate surface area is 404 Å². The first-order valence-corrected chi connectivity index (χ1v) is 23.8. The van der Waals surface area contributed by atoms with Crippen molar-refractivity contribution >= 4 is 21.9 Å². The van der Waals surface area contributed by atoms with Crippen molar-refractivity contribution < 1.29 is 9.15 Å². The number of benzene rings is 10. The summed E-state index contributed by atoms with van der Waals surface area (Å²) in [6.07, 6.45) is 0. The van der Waals surface area contributed by atoms with Gasteiger partial charge in [0.25, 0.3) is 0 Å². The molecule has 10 aromatic carbocycles. The van der Waals surface area contributed by atoms with Crippen molar-refractivity contribution in [1.82, 2.24) is 15.0 Å². The van der Waals surface area contributed by atoms with Gasteiger partial charge in [0.1, 0.15) is 22.7 Å². The molecule has 2 aromatic heterocycles. The van der Waals surface area contributed by atoms with E-state index in [-0.39, 0.29) is 0 Å². The summed E-state index contributed by atoms with van der Waals surface area (Å²) < 4.78 is 13.1. The van der Waals surface area contributed by atoms with Gasteiger partial charge in [-0.05, 0) is 74.3 Å². The fourth-order valence-corrected chi connectivity index (χ4v) is 12.3. The second kappa shape index (κ2) is 14.7. The fourth-order valence-electron chi connectivity index (χ4n) is 12.3. The van der Waals surface area contributed by atoms with Crippen molar-refractivity contribution in [2.45, 2.75) is 10.8 Å². The average Bonchev–Trinajstić information content (AvgIpc) is 3.96. The first kappa shape index (κ1) is 38.9. The molecule has 0 unspecified atom stereocenters. The molecule has 70 heavy (non-hydrogen) atoms. The molecule has 2 spiro atoms. The molecule has 0 saturated carbocycles. The molecule has 12 aromatic rings. The molecule has 1 aliphatic heterocycles. The van der Waals surface area contributed by atoms with Crippen LogP contribution < -0.4 is 4.74 Å². The zero-order valence-corrected chi connectivity index (χ0v) is 37.7. The molecule has 3 aliphatic rings. The first-order valence-electron chi connectivity index (χ1n) is 23.8. The highest BCUT2D eigenvalue weighted by Crippen LogP contribution is 2.67. The van der Waals surface area contributed by atoms with Gasteiger partial charge in [-0.2, -0.15) is 0 Å². The Morgan fingerprint density at radius 2 is 0.729 bits per heavy atom. The minimum absolute atomic E-state index is 0.604. The Morgan fingerprint density at radius 3 is 1.39 bits per heavy atom. The summed E-state index contributed by atoms with van der Waals surface area (Å²) in [7, 11) is 0. The third-order valence-corrected chi connectivity index (χ3v) is 15.1. The number of furan rings is 1. The number of para-hydroxylation sites is 4. The highest BCUT2D eigenvalue weighted by atomic mass is 16.5. The summed E-state index contributed by atoms with van der Waals surface area (Å²) in [5, 5.41) is 2.22. The predicted octanol–water partition coefficient (Wildman–Crippen LogP) is 15.6. The molecule has 3 heterocycles. The van der Waals surface area contributed by atoms with Crippen LogP contribution in [-0.4, -0.2) is 15.0 Å². The zero-order valence-electron chi connectivity index (χ0n) is 37.7. The number of rotatable bonds is 4. The summed E-state index contributed by atoms with van der Waals surface area (Å²) in [4.78, 5) is 15.6. The lowest BCUT2D eigenvalue weighted by molar-refractivity contribution is 0.429. The van der Waals surface area contributed by atoms with Gasteiger partial charge in [0.05, 0.1) is 10.8 Å². The van der Waals surface area contributed by atoms with Gasteiger partial charge >= 0.3 is 0 Å². The van der Waals surface area contributed by atoms with E-state index in [0.717, 1.165) is 77.9 Å². The maximum absolute atomic E-state index is 6.72. The molecule has 0 amide bonds. The summed E-state index contributed by atoms with van der Waals surface area (Å²) in [6, 6.07) is 84.4. The van der Waals surface area contributed by atoms with E-state index in [9.17, 15) is 0 Å². The lowest BCUT2D eigenvalue weighted by atomic mass is 9.51. The Balaban J connectivity index is 0.915. The second-order valence-corrected chi connectivity index (χ2v) is 18.5. The van der Waals surface area contributed by atoms with Crippen LogP contribution in [0.5, 0.6) is 11.5 Å². The van der Waals surface area contributed by atoms with Crippen LogP contribution in [-0.2, 0) is 10.8 Å². The summed E-state index contributed by atoms with van der Waals surface area (Å²) >= 11 is 0. The van der Waals surface area contributed by atoms with Crippen molar-refractivity contribution in [1.29, 1.82) is 0 Å². The van der Waals surface area contributed by atoms with Crippen LogP contribution >= 0.6 is 0 Å². The van der Waals surface area contributed by atoms with Gasteiger partial charge in [-0.3, -0.25) is 0 Å². The van der Waals surface area contributed by atoms with Crippen LogP contribution in [0.1, 0.15) is 44.5 Å². The lowest BCUT2D eigenvalue weighted by Crippen LogP contribution is -2.45. The maximum Gasteiger partial charge on any atom is 0.164 e. The third kappa shape index (κ3) is 5.23. The first-order chi connectivity index (χ1) is 34.7. The number of nitrogens with zero attached hydrogens (tertiary/aromatic N) is 3. The molecule has 0 radical (unpaired) electrons. The molecule has 0 N–H and O–H groups in total. The Hall–Kier alpha value is -9.19. The number of hydrogen-bond donors (Lipinski definition) is 0. The number of fused-ring (bicyclic) bond motifs is 18. The number of aromatic nitrogens is 3. The van der Waals surface area contributed by atoms with Gasteiger partial charge in [-0.1, -0.05) is 212 Å². The van der Waals surface area contributed by atoms with Crippen LogP contribution in [0.15, 0.2) is 241 Å². The second-order valence-electron chi connectivity index (χ2n) is 18.5. The Bertz CT molecular complexity index is 4020. The van der Waals surface area contributed by atoms with E-state index >= 15 is 0 Å². The smallest absolute Gasteiger partial charge is 0.164 e. The maximum atomic E-state index is 6.72. The normalized spacial score (nSPS) is 14.1. The molecule has 0 atom stereocenters. The van der Waals surface area contributed by atoms with E-state index in [4.69, 9.17) is 24.1 Å². The van der Waals surface area contributed by atoms with Crippen molar-refractivity contribution in [3.8, 4) is 67.9 Å². The fraction of sp³-hybridized carbons (Fsp3) is 0.0308. The van der Waals surface area contributed by atoms with Crippen LogP contribution in [0.25, 0.3) is 78.4 Å². The average molecular weight is 894 g/mol. The molecule has 326 valence electrons. The molecule has 5 heteroatoms. The van der Waals surface area contributed by atoms with E-state index in [1.807, 2.05) is 30.3 Å². The Morgan fingerprint density at radius 1 is 0.286 bits per heavy atom. The molecular formula is C65H39N3O2. The third-order valence-electron chi connectivity index (χ3n) is 15.1. The van der Waals surface area contributed by atoms with Crippen LogP contribution in [0.3, 0.4) is 0 Å². The molecule has 0 saturated heterocycles. The Kier molecular flexibility index (Phi) is 8.14. The molecule has 5 nitrogen and oxygen atoms in total. The number of ether oxygens (including phenoxy) is 1. The van der Waals surface area contributed by atoms with Crippen LogP contribution in [0.4, 0.5) is 0 Å². The van der Waals surface area contributed by atoms with Crippen LogP contribution in [0.2, 0.25) is 0 Å². The van der Waals surface area contributed by atoms with Crippen molar-refractivity contribution in [2.75, 3.05) is 0 Å². The van der Waals surface area contributed by atoms with Gasteiger partial charge in [0.2, 0.25) is 0 Å². The molecular weight excluding hydrogens is 855 g/mol. The minimum atomic E-state index is -0.629. The summed E-state index contributed by atoms with van der Waals surface area (Å²) in [6.45, 7) is 0. The topological polar surface area (TPSA) is 61.0 Å². The van der Waals surface area contributed by atoms with Gasteiger partial charge in [-0.15, -0.1) is 0 Å². The van der Waals surface area contributed by atoms with Crippen molar-refractivity contribution in [3.63, 3.8) is 0 Å². The van der Waals surface area contributed by atoms with Gasteiger partial charge < -0.3 is 9.15 Å². The molecule has 2 aliphatic carbocycles. The highest BCUT2D eigenvalue weighted by Gasteiger charge is 2.58. The number of hydrogen-bond acceptors (Lipinski definition) is 5. The monoisotopic (exact) mass is 893 g/mol. The SMILES string of the molecule is c1ccc(-c2nc(-c3ccc(-c4cccc5c4oc4ccccc45)cc3)nc(-c3ccc4c(c3)-c3ccccc3C43c4ccccc4C4(c5ccccc5Oc5ccccc54)c4ccccc43)n2)cc1. The molecule has 0 fully saturated rings. The van der Waals surface area contributed by atoms with E-state index in [0.29, 0.717) is 17.5 Å². The summed E-state index contributed by atoms with van der Waals surface area (Å²) in [5.74, 6) is 3.58. The van der Waals surface area contributed by atoms with Gasteiger partial charge in [0, 0.05) is 44.2 Å². The van der Waals surface area contributed by atoms with Crippen molar-refractivity contribution in [2.24, 2.45) is 0 Å². The van der Waals surface area contributed by atoms with E-state index in [1.165, 1.54) is 38.9 Å². The highest BCUT2D eigenvalue weighted by molar-refractivity contribution is 6.09. The minimum Gasteiger partial charge on any atom is -0.457 e. The van der Waals surface area contributed by atoms with Crippen LogP contribution in [0, 0.1) is 0 Å². The summed E-state index contributed by atoms with van der Waals surface area (Å²) in [5.41, 5.74) is 17.5. The predicted molar refractivity (Wildman–Crippen MR) is 278 cm³/mol. The largest absolute Gasteiger partial charge is 0.457 e. The van der Waals surface area contributed by atoms with Crippen molar-refractivity contribution in [3.05, 3.63) is 281 Å². The molecule has 15 rings (SSSR count). The van der Waals surface area contributed by atoms with Gasteiger partial charge in [0.15, 0.2) is 17.5 Å². The van der Waals surface area contributed by atoms with E-state index in [2.05, 4.69) is 206 Å². The van der Waals surface area contributed by atoms with E-state index in [1.54, 1.807) is 0 Å². The lowest BCUT2D eigenvalue weighted by Gasteiger charge is -2.51. The quantitative estimate of drug-likeness (QED) is 0.176. The molecule has 0 bridgehead atoms. The standard InChI is InChI=1S/C65H39N3O2/c1-2-17-41(18-3-1)61-66-62(42-35-33-40(34-36-42)44-21-16-22-47-46-20-5-13-30-57(46)70-60(44)47)68-63(67-61)43-37-38-50-48(39-43)45-19-4-6-23-49(45)64(50)51-24-7-9-26-53(51)65(54-27-10-8-25-52(54)64)55-28-11-14-31-58(55)69-59-32-15-12-29-56(59)65/h1-39H.